The van der Waals surface area contributed by atoms with E-state index in [1.807, 2.05) is 35.7 Å². The van der Waals surface area contributed by atoms with Crippen LogP contribution in [0.25, 0.3) is 0 Å². The van der Waals surface area contributed by atoms with E-state index in [-0.39, 0.29) is 24.7 Å². The highest BCUT2D eigenvalue weighted by molar-refractivity contribution is 9.10. The number of hydrogen-bond acceptors (Lipinski definition) is 4. The second kappa shape index (κ2) is 8.59. The molecule has 1 aromatic carbocycles. The number of carbonyl (C=O) groups excluding carboxylic acids is 2. The van der Waals surface area contributed by atoms with Crippen LogP contribution in [0, 0.1) is 0 Å². The summed E-state index contributed by atoms with van der Waals surface area (Å²) < 4.78 is 0.812. The quantitative estimate of drug-likeness (QED) is 0.581. The third-order valence-electron chi connectivity index (χ3n) is 2.85. The maximum atomic E-state index is 12.0. The van der Waals surface area contributed by atoms with E-state index in [4.69, 9.17) is 0 Å². The van der Waals surface area contributed by atoms with E-state index >= 15 is 0 Å². The van der Waals surface area contributed by atoms with Crippen molar-refractivity contribution in [1.82, 2.24) is 5.43 Å². The monoisotopic (exact) mass is 393 g/mol. The number of hydrogen-bond donors (Lipinski definition) is 2. The summed E-state index contributed by atoms with van der Waals surface area (Å²) in [7, 11) is 0. The van der Waals surface area contributed by atoms with Crippen molar-refractivity contribution in [3.05, 3.63) is 51.1 Å². The average molecular weight is 394 g/mol. The van der Waals surface area contributed by atoms with Gasteiger partial charge in [0.1, 0.15) is 0 Å². The zero-order chi connectivity index (χ0) is 16.7. The lowest BCUT2D eigenvalue weighted by molar-refractivity contribution is -0.120. The van der Waals surface area contributed by atoms with Crippen molar-refractivity contribution in [2.75, 3.05) is 5.32 Å². The van der Waals surface area contributed by atoms with E-state index in [0.717, 1.165) is 9.35 Å². The van der Waals surface area contributed by atoms with Gasteiger partial charge in [-0.1, -0.05) is 18.2 Å². The van der Waals surface area contributed by atoms with Crippen molar-refractivity contribution in [2.24, 2.45) is 5.10 Å². The molecule has 2 rings (SSSR count). The van der Waals surface area contributed by atoms with Crippen LogP contribution >= 0.6 is 27.3 Å². The fourth-order valence-electron chi connectivity index (χ4n) is 1.80. The molecule has 0 bridgehead atoms. The molecule has 0 saturated carbocycles. The molecule has 1 aromatic heterocycles. The van der Waals surface area contributed by atoms with Gasteiger partial charge in [0.15, 0.2) is 0 Å². The minimum absolute atomic E-state index is 0.112. The van der Waals surface area contributed by atoms with Gasteiger partial charge < -0.3 is 5.32 Å². The zero-order valence-electron chi connectivity index (χ0n) is 12.5. The van der Waals surface area contributed by atoms with Gasteiger partial charge in [-0.15, -0.1) is 11.3 Å². The smallest absolute Gasteiger partial charge is 0.245 e. The highest BCUT2D eigenvalue weighted by Crippen LogP contribution is 2.21. The largest absolute Gasteiger partial charge is 0.325 e. The number of anilines is 1. The van der Waals surface area contributed by atoms with Crippen LogP contribution in [0.4, 0.5) is 5.69 Å². The minimum atomic E-state index is -0.196. The Morgan fingerprint density at radius 3 is 2.65 bits per heavy atom. The third kappa shape index (κ3) is 5.96. The van der Waals surface area contributed by atoms with E-state index in [9.17, 15) is 9.59 Å². The molecule has 23 heavy (non-hydrogen) atoms. The molecule has 5 nitrogen and oxygen atoms in total. The Hall–Kier alpha value is -1.99. The molecule has 0 spiro atoms. The van der Waals surface area contributed by atoms with Crippen LogP contribution in [0.3, 0.4) is 0 Å². The van der Waals surface area contributed by atoms with Gasteiger partial charge in [0.2, 0.25) is 11.8 Å². The zero-order valence-corrected chi connectivity index (χ0v) is 14.9. The van der Waals surface area contributed by atoms with E-state index in [0.29, 0.717) is 11.4 Å². The Kier molecular flexibility index (Phi) is 6.49. The lowest BCUT2D eigenvalue weighted by Crippen LogP contribution is -2.22. The summed E-state index contributed by atoms with van der Waals surface area (Å²) in [5.41, 5.74) is 3.70. The fourth-order valence-corrected chi connectivity index (χ4v) is 2.88. The summed E-state index contributed by atoms with van der Waals surface area (Å²) in [5, 5.41) is 8.67. The van der Waals surface area contributed by atoms with Crippen LogP contribution in [-0.2, 0) is 16.0 Å². The minimum Gasteiger partial charge on any atom is -0.325 e. The van der Waals surface area contributed by atoms with E-state index in [1.165, 1.54) is 11.3 Å². The van der Waals surface area contributed by atoms with Crippen molar-refractivity contribution in [2.45, 2.75) is 19.8 Å². The number of thiophene rings is 1. The highest BCUT2D eigenvalue weighted by Gasteiger charge is 2.08. The van der Waals surface area contributed by atoms with Gasteiger partial charge in [-0.05, 0) is 46.4 Å². The van der Waals surface area contributed by atoms with Crippen molar-refractivity contribution >= 4 is 50.5 Å². The van der Waals surface area contributed by atoms with E-state index in [1.54, 1.807) is 13.0 Å². The molecule has 0 aliphatic rings. The summed E-state index contributed by atoms with van der Waals surface area (Å²) in [6, 6.07) is 11.2. The fraction of sp³-hybridized carbons (Fsp3) is 0.188. The summed E-state index contributed by atoms with van der Waals surface area (Å²) in [6.07, 6.45) is 0.401. The van der Waals surface area contributed by atoms with Crippen LogP contribution in [0.1, 0.15) is 18.2 Å². The topological polar surface area (TPSA) is 70.6 Å². The maximum absolute atomic E-state index is 12.0. The predicted octanol–water partition coefficient (Wildman–Crippen LogP) is 3.57. The van der Waals surface area contributed by atoms with E-state index in [2.05, 4.69) is 31.8 Å². The number of carbonyl (C=O) groups is 2. The summed E-state index contributed by atoms with van der Waals surface area (Å²) >= 11 is 4.89. The Bertz CT molecular complexity index is 714. The summed E-state index contributed by atoms with van der Waals surface area (Å²) in [5.74, 6) is -0.385. The van der Waals surface area contributed by atoms with Gasteiger partial charge in [-0.25, -0.2) is 5.43 Å². The lowest BCUT2D eigenvalue weighted by Gasteiger charge is -2.07. The first-order valence-corrected chi connectivity index (χ1v) is 8.60. The van der Waals surface area contributed by atoms with Gasteiger partial charge in [0.05, 0.1) is 18.5 Å². The molecule has 2 aromatic rings. The van der Waals surface area contributed by atoms with Crippen LogP contribution in [0.5, 0.6) is 0 Å². The standard InChI is InChI=1S/C16H16BrN3O2S/c1-11(19-20-16(22)10-12-5-4-8-23-12)9-15(21)18-14-7-3-2-6-13(14)17/h2-8H,9-10H2,1H3,(H,18,21)(H,20,22). The SMILES string of the molecule is CC(CC(=O)Nc1ccccc1Br)=NNC(=O)Cc1cccs1. The number of nitrogens with zero attached hydrogens (tertiary/aromatic N) is 1. The summed E-state index contributed by atoms with van der Waals surface area (Å²) in [4.78, 5) is 24.6. The first-order chi connectivity index (χ1) is 11.0. The second-order valence-corrected chi connectivity index (χ2v) is 6.73. The van der Waals surface area contributed by atoms with Crippen molar-refractivity contribution in [3.8, 4) is 0 Å². The van der Waals surface area contributed by atoms with Gasteiger partial charge in [0.25, 0.3) is 0 Å². The number of para-hydroxylation sites is 1. The first-order valence-electron chi connectivity index (χ1n) is 6.93. The third-order valence-corrected chi connectivity index (χ3v) is 4.42. The van der Waals surface area contributed by atoms with Crippen LogP contribution < -0.4 is 10.7 Å². The van der Waals surface area contributed by atoms with Crippen molar-refractivity contribution in [3.63, 3.8) is 0 Å². The number of hydrazone groups is 1. The van der Waals surface area contributed by atoms with Gasteiger partial charge >= 0.3 is 0 Å². The molecule has 0 aliphatic heterocycles. The molecular weight excluding hydrogens is 378 g/mol. The normalized spacial score (nSPS) is 11.1. The van der Waals surface area contributed by atoms with Crippen molar-refractivity contribution in [1.29, 1.82) is 0 Å². The Labute approximate surface area is 146 Å². The molecule has 0 fully saturated rings. The molecule has 2 amide bonds. The molecule has 1 heterocycles. The summed E-state index contributed by atoms with van der Waals surface area (Å²) in [6.45, 7) is 1.70. The number of benzene rings is 1. The van der Waals surface area contributed by atoms with Gasteiger partial charge in [0, 0.05) is 15.1 Å². The molecule has 7 heteroatoms. The number of amides is 2. The number of nitrogens with one attached hydrogen (secondary N) is 2. The number of rotatable bonds is 6. The maximum Gasteiger partial charge on any atom is 0.245 e. The van der Waals surface area contributed by atoms with E-state index < -0.39 is 0 Å². The second-order valence-electron chi connectivity index (χ2n) is 4.84. The average Bonchev–Trinajstić information content (AvgIpc) is 3.00. The Morgan fingerprint density at radius 2 is 1.96 bits per heavy atom. The van der Waals surface area contributed by atoms with Crippen molar-refractivity contribution < 1.29 is 9.59 Å². The molecule has 120 valence electrons. The van der Waals surface area contributed by atoms with Gasteiger partial charge in [-0.2, -0.15) is 5.10 Å². The highest BCUT2D eigenvalue weighted by atomic mass is 79.9. The van der Waals surface area contributed by atoms with Gasteiger partial charge in [-0.3, -0.25) is 9.59 Å². The molecule has 0 radical (unpaired) electrons. The van der Waals surface area contributed by atoms with Crippen LogP contribution in [0.2, 0.25) is 0 Å². The Morgan fingerprint density at radius 1 is 1.17 bits per heavy atom. The van der Waals surface area contributed by atoms with Crippen LogP contribution in [0.15, 0.2) is 51.4 Å². The number of halogens is 1. The molecule has 2 N–H and O–H groups in total. The first kappa shape index (κ1) is 17.4. The molecule has 0 aliphatic carbocycles. The molecule has 0 unspecified atom stereocenters. The van der Waals surface area contributed by atoms with Crippen LogP contribution in [-0.4, -0.2) is 17.5 Å². The molecular formula is C16H16BrN3O2S. The molecule has 0 atom stereocenters. The molecule has 0 saturated heterocycles. The predicted molar refractivity (Wildman–Crippen MR) is 96.7 cm³/mol. The Balaban J connectivity index is 1.81. The lowest BCUT2D eigenvalue weighted by atomic mass is 10.2.